The van der Waals surface area contributed by atoms with Gasteiger partial charge in [0.15, 0.2) is 0 Å². The number of nitrogens with zero attached hydrogens (tertiary/aromatic N) is 1. The topological polar surface area (TPSA) is 58.6 Å². The van der Waals surface area contributed by atoms with Crippen LogP contribution in [0.5, 0.6) is 0 Å². The number of hydrogen-bond acceptors (Lipinski definition) is 5. The van der Waals surface area contributed by atoms with E-state index in [4.69, 9.17) is 4.74 Å². The van der Waals surface area contributed by atoms with E-state index in [0.717, 1.165) is 11.3 Å². The molecule has 1 aromatic carbocycles. The van der Waals surface area contributed by atoms with E-state index in [0.29, 0.717) is 32.5 Å². The molecule has 1 aromatic rings. The summed E-state index contributed by atoms with van der Waals surface area (Å²) in [5, 5.41) is 3.28. The zero-order valence-corrected chi connectivity index (χ0v) is 15.2. The van der Waals surface area contributed by atoms with Crippen molar-refractivity contribution < 1.29 is 14.3 Å². The van der Waals surface area contributed by atoms with Gasteiger partial charge in [-0.3, -0.25) is 4.79 Å². The average molecular weight is 350 g/mol. The predicted molar refractivity (Wildman–Crippen MR) is 97.1 cm³/mol. The Morgan fingerprint density at radius 3 is 2.83 bits per heavy atom. The monoisotopic (exact) mass is 350 g/mol. The third kappa shape index (κ3) is 4.98. The van der Waals surface area contributed by atoms with E-state index in [1.54, 1.807) is 23.6 Å². The molecule has 0 bridgehead atoms. The number of benzene rings is 1. The molecule has 0 spiro atoms. The normalized spacial score (nSPS) is 19.2. The molecule has 1 amide bonds. The highest BCUT2D eigenvalue weighted by Gasteiger charge is 2.36. The molecule has 0 aliphatic carbocycles. The molecule has 0 unspecified atom stereocenters. The maximum atomic E-state index is 12.9. The predicted octanol–water partition coefficient (Wildman–Crippen LogP) is 1.71. The summed E-state index contributed by atoms with van der Waals surface area (Å²) in [4.78, 5) is 26.9. The number of nitrogens with one attached hydrogen (secondary N) is 1. The molecular formula is C18H26N2O3S. The van der Waals surface area contributed by atoms with Gasteiger partial charge in [-0.15, -0.1) is 0 Å². The van der Waals surface area contributed by atoms with Gasteiger partial charge in [0.2, 0.25) is 5.91 Å². The van der Waals surface area contributed by atoms with E-state index < -0.39 is 6.04 Å². The molecule has 6 heteroatoms. The summed E-state index contributed by atoms with van der Waals surface area (Å²) in [6.45, 7) is 3.37. The summed E-state index contributed by atoms with van der Waals surface area (Å²) < 4.78 is 5.19. The van der Waals surface area contributed by atoms with E-state index in [9.17, 15) is 9.59 Å². The molecule has 1 aliphatic heterocycles. The smallest absolute Gasteiger partial charge is 0.328 e. The van der Waals surface area contributed by atoms with Crippen LogP contribution >= 0.6 is 11.8 Å². The molecule has 1 fully saturated rings. The molecule has 2 rings (SSSR count). The summed E-state index contributed by atoms with van der Waals surface area (Å²) in [5.41, 5.74) is 1.11. The molecule has 0 aromatic heterocycles. The molecule has 0 radical (unpaired) electrons. The summed E-state index contributed by atoms with van der Waals surface area (Å²) in [5.74, 6) is 0.522. The Hall–Kier alpha value is -1.53. The fourth-order valence-corrected chi connectivity index (χ4v) is 3.40. The van der Waals surface area contributed by atoms with Gasteiger partial charge in [-0.1, -0.05) is 30.3 Å². The van der Waals surface area contributed by atoms with Crippen LogP contribution in [-0.4, -0.2) is 60.6 Å². The van der Waals surface area contributed by atoms with E-state index >= 15 is 0 Å². The number of hydrogen-bond donors (Lipinski definition) is 1. The van der Waals surface area contributed by atoms with Crippen LogP contribution in [0.25, 0.3) is 0 Å². The quantitative estimate of drug-likeness (QED) is 0.724. The number of rotatable bonds is 8. The molecule has 1 saturated heterocycles. The third-order valence-electron chi connectivity index (χ3n) is 4.14. The summed E-state index contributed by atoms with van der Waals surface area (Å²) in [6, 6.07) is 9.18. The van der Waals surface area contributed by atoms with Crippen molar-refractivity contribution in [1.29, 1.82) is 0 Å². The zero-order chi connectivity index (χ0) is 17.4. The number of esters is 1. The van der Waals surface area contributed by atoms with Crippen molar-refractivity contribution in [3.05, 3.63) is 35.9 Å². The van der Waals surface area contributed by atoms with Crippen molar-refractivity contribution in [2.24, 2.45) is 0 Å². The van der Waals surface area contributed by atoms with Gasteiger partial charge in [0.05, 0.1) is 12.6 Å². The Kier molecular flexibility index (Phi) is 7.59. The Labute approximate surface area is 148 Å². The lowest BCUT2D eigenvalue weighted by Crippen LogP contribution is -2.60. The van der Waals surface area contributed by atoms with Crippen LogP contribution in [-0.2, 0) is 20.7 Å². The lowest BCUT2D eigenvalue weighted by Gasteiger charge is -2.37. The minimum Gasteiger partial charge on any atom is -0.464 e. The molecule has 0 saturated carbocycles. The van der Waals surface area contributed by atoms with Crippen LogP contribution in [0.3, 0.4) is 0 Å². The van der Waals surface area contributed by atoms with Crippen molar-refractivity contribution >= 4 is 23.6 Å². The van der Waals surface area contributed by atoms with Crippen LogP contribution < -0.4 is 5.32 Å². The zero-order valence-electron chi connectivity index (χ0n) is 14.4. The van der Waals surface area contributed by atoms with Crippen molar-refractivity contribution in [2.45, 2.75) is 31.8 Å². The second-order valence-electron chi connectivity index (χ2n) is 5.78. The van der Waals surface area contributed by atoms with E-state index in [1.165, 1.54) is 0 Å². The highest BCUT2D eigenvalue weighted by molar-refractivity contribution is 7.98. The first-order valence-corrected chi connectivity index (χ1v) is 9.80. The van der Waals surface area contributed by atoms with Crippen LogP contribution in [0.4, 0.5) is 0 Å². The summed E-state index contributed by atoms with van der Waals surface area (Å²) >= 11 is 1.67. The van der Waals surface area contributed by atoms with E-state index in [-0.39, 0.29) is 17.9 Å². The first-order valence-electron chi connectivity index (χ1n) is 8.40. The number of piperazine rings is 1. The van der Waals surface area contributed by atoms with E-state index in [2.05, 4.69) is 5.32 Å². The number of carbonyl (C=O) groups is 2. The second kappa shape index (κ2) is 9.69. The second-order valence-corrected chi connectivity index (χ2v) is 6.76. The third-order valence-corrected chi connectivity index (χ3v) is 4.78. The van der Waals surface area contributed by atoms with E-state index in [1.807, 2.05) is 36.6 Å². The minimum atomic E-state index is -0.481. The largest absolute Gasteiger partial charge is 0.464 e. The highest BCUT2D eigenvalue weighted by atomic mass is 32.2. The highest BCUT2D eigenvalue weighted by Crippen LogP contribution is 2.16. The van der Waals surface area contributed by atoms with Crippen molar-refractivity contribution in [3.63, 3.8) is 0 Å². The van der Waals surface area contributed by atoms with Crippen molar-refractivity contribution in [3.8, 4) is 0 Å². The van der Waals surface area contributed by atoms with Crippen LogP contribution in [0.2, 0.25) is 0 Å². The van der Waals surface area contributed by atoms with Gasteiger partial charge in [-0.2, -0.15) is 11.8 Å². The standard InChI is InChI=1S/C18H26N2O3S/c1-3-23-18(22)16(9-12-24-2)20-11-10-19-15(17(20)21)13-14-7-5-4-6-8-14/h4-8,15-16,19H,3,9-13H2,1-2H3/t15-,16-/m1/s1. The molecule has 1 N–H and O–H groups in total. The fraction of sp³-hybridized carbons (Fsp3) is 0.556. The maximum absolute atomic E-state index is 12.9. The average Bonchev–Trinajstić information content (AvgIpc) is 2.59. The van der Waals surface area contributed by atoms with Gasteiger partial charge in [0.25, 0.3) is 0 Å². The molecule has 132 valence electrons. The molecule has 2 atom stereocenters. The van der Waals surface area contributed by atoms with Crippen LogP contribution in [0.15, 0.2) is 30.3 Å². The molecular weight excluding hydrogens is 324 g/mol. The number of carbonyl (C=O) groups excluding carboxylic acids is 2. The van der Waals surface area contributed by atoms with Gasteiger partial charge in [-0.25, -0.2) is 4.79 Å². The van der Waals surface area contributed by atoms with Gasteiger partial charge in [-0.05, 0) is 37.3 Å². The molecule has 24 heavy (non-hydrogen) atoms. The summed E-state index contributed by atoms with van der Waals surface area (Å²) in [6.07, 6.45) is 3.26. The number of amides is 1. The Morgan fingerprint density at radius 2 is 2.17 bits per heavy atom. The van der Waals surface area contributed by atoms with Gasteiger partial charge in [0.1, 0.15) is 6.04 Å². The SMILES string of the molecule is CCOC(=O)[C@@H](CCSC)N1CCN[C@H](Cc2ccccc2)C1=O. The maximum Gasteiger partial charge on any atom is 0.328 e. The summed E-state index contributed by atoms with van der Waals surface area (Å²) in [7, 11) is 0. The number of thioether (sulfide) groups is 1. The van der Waals surface area contributed by atoms with Gasteiger partial charge < -0.3 is 15.0 Å². The van der Waals surface area contributed by atoms with Crippen LogP contribution in [0, 0.1) is 0 Å². The Morgan fingerprint density at radius 1 is 1.42 bits per heavy atom. The van der Waals surface area contributed by atoms with Gasteiger partial charge >= 0.3 is 5.97 Å². The first kappa shape index (κ1) is 18.8. The van der Waals surface area contributed by atoms with Crippen molar-refractivity contribution in [2.75, 3.05) is 31.7 Å². The Balaban J connectivity index is 2.08. The lowest BCUT2D eigenvalue weighted by atomic mass is 10.0. The van der Waals surface area contributed by atoms with Crippen LogP contribution in [0.1, 0.15) is 18.9 Å². The number of ether oxygens (including phenoxy) is 1. The van der Waals surface area contributed by atoms with Crippen molar-refractivity contribution in [1.82, 2.24) is 10.2 Å². The minimum absolute atomic E-state index is 0.00995. The van der Waals surface area contributed by atoms with Gasteiger partial charge in [0, 0.05) is 13.1 Å². The molecule has 1 aliphatic rings. The lowest BCUT2D eigenvalue weighted by molar-refractivity contribution is -0.156. The molecule has 5 nitrogen and oxygen atoms in total. The fourth-order valence-electron chi connectivity index (χ4n) is 2.94. The Bertz CT molecular complexity index is 538. The first-order chi connectivity index (χ1) is 11.7. The molecule has 1 heterocycles.